The average Bonchev–Trinajstić information content (AvgIpc) is 2.54. The second kappa shape index (κ2) is 5.49. The number of nitrogens with zero attached hydrogens (tertiary/aromatic N) is 5. The van der Waals surface area contributed by atoms with Crippen molar-refractivity contribution in [2.45, 2.75) is 33.2 Å². The molecule has 0 spiro atoms. The Bertz CT molecular complexity index is 717. The largest absolute Gasteiger partial charge is 0.350 e. The van der Waals surface area contributed by atoms with Crippen molar-refractivity contribution < 1.29 is 0 Å². The van der Waals surface area contributed by atoms with Gasteiger partial charge in [-0.3, -0.25) is 0 Å². The van der Waals surface area contributed by atoms with Gasteiger partial charge in [0.05, 0.1) is 12.2 Å². The minimum atomic E-state index is 0.496. The van der Waals surface area contributed by atoms with Gasteiger partial charge in [-0.25, -0.2) is 15.0 Å². The molecule has 0 fully saturated rings. The van der Waals surface area contributed by atoms with E-state index in [0.29, 0.717) is 5.69 Å². The molecule has 0 saturated carbocycles. The minimum Gasteiger partial charge on any atom is -0.350 e. The fourth-order valence-corrected chi connectivity index (χ4v) is 2.52. The summed E-state index contributed by atoms with van der Waals surface area (Å²) in [6.45, 7) is 5.57. The third-order valence-corrected chi connectivity index (χ3v) is 3.82. The summed E-state index contributed by atoms with van der Waals surface area (Å²) in [5.41, 5.74) is 3.70. The smallest absolute Gasteiger partial charge is 0.145 e. The van der Waals surface area contributed by atoms with Crippen molar-refractivity contribution in [2.24, 2.45) is 0 Å². The zero-order valence-corrected chi connectivity index (χ0v) is 12.3. The normalized spacial score (nSPS) is 13.7. The monoisotopic (exact) mass is 279 g/mol. The van der Waals surface area contributed by atoms with E-state index >= 15 is 0 Å². The zero-order chi connectivity index (χ0) is 14.8. The van der Waals surface area contributed by atoms with E-state index in [1.165, 1.54) is 5.56 Å². The van der Waals surface area contributed by atoms with Crippen molar-refractivity contribution in [2.75, 3.05) is 11.4 Å². The number of nitriles is 1. The number of hydrogen-bond acceptors (Lipinski definition) is 5. The molecule has 1 aliphatic rings. The number of rotatable bonds is 2. The van der Waals surface area contributed by atoms with Gasteiger partial charge in [0.1, 0.15) is 23.4 Å². The molecule has 2 aromatic rings. The number of hydrogen-bond donors (Lipinski definition) is 0. The standard InChI is InChI=1S/C16H17N5/c1-3-15-18-9-12-6-7-21(10-14(12)19-15)16-5-4-11(2)13(8-17)20-16/h4-5,9H,3,6-7,10H2,1-2H3. The molecule has 0 aromatic carbocycles. The van der Waals surface area contributed by atoms with E-state index in [0.717, 1.165) is 48.8 Å². The Labute approximate surface area is 124 Å². The first-order valence-electron chi connectivity index (χ1n) is 7.17. The molecule has 0 amide bonds. The van der Waals surface area contributed by atoms with E-state index in [2.05, 4.69) is 32.8 Å². The van der Waals surface area contributed by atoms with Gasteiger partial charge in [-0.2, -0.15) is 5.26 Å². The molecule has 5 heteroatoms. The highest BCUT2D eigenvalue weighted by atomic mass is 15.2. The highest BCUT2D eigenvalue weighted by Crippen LogP contribution is 2.22. The summed E-state index contributed by atoms with van der Waals surface area (Å²) in [6, 6.07) is 6.08. The molecule has 0 atom stereocenters. The predicted octanol–water partition coefficient (Wildman–Crippen LogP) is 2.18. The summed E-state index contributed by atoms with van der Waals surface area (Å²) in [5.74, 6) is 1.73. The van der Waals surface area contributed by atoms with Crippen LogP contribution in [-0.4, -0.2) is 21.5 Å². The molecular formula is C16H17N5. The van der Waals surface area contributed by atoms with Crippen LogP contribution in [0, 0.1) is 18.3 Å². The van der Waals surface area contributed by atoms with E-state index in [9.17, 15) is 0 Å². The Hall–Kier alpha value is -2.48. The first-order valence-corrected chi connectivity index (χ1v) is 7.17. The lowest BCUT2D eigenvalue weighted by molar-refractivity contribution is 0.684. The van der Waals surface area contributed by atoms with Gasteiger partial charge in [0.2, 0.25) is 0 Å². The molecule has 106 valence electrons. The molecular weight excluding hydrogens is 262 g/mol. The van der Waals surface area contributed by atoms with Crippen molar-refractivity contribution in [3.63, 3.8) is 0 Å². The maximum Gasteiger partial charge on any atom is 0.145 e. The summed E-state index contributed by atoms with van der Waals surface area (Å²) in [5, 5.41) is 9.12. The van der Waals surface area contributed by atoms with Crippen LogP contribution in [0.1, 0.15) is 35.3 Å². The van der Waals surface area contributed by atoms with Crippen LogP contribution in [0.2, 0.25) is 0 Å². The fraction of sp³-hybridized carbons (Fsp3) is 0.375. The van der Waals surface area contributed by atoms with Gasteiger partial charge in [-0.15, -0.1) is 0 Å². The van der Waals surface area contributed by atoms with Gasteiger partial charge in [0.25, 0.3) is 0 Å². The van der Waals surface area contributed by atoms with Crippen molar-refractivity contribution in [3.05, 3.63) is 46.7 Å². The number of fused-ring (bicyclic) bond motifs is 1. The van der Waals surface area contributed by atoms with Crippen LogP contribution in [0.5, 0.6) is 0 Å². The van der Waals surface area contributed by atoms with E-state index in [1.54, 1.807) is 0 Å². The molecule has 0 aliphatic carbocycles. The van der Waals surface area contributed by atoms with Crippen LogP contribution < -0.4 is 4.90 Å². The van der Waals surface area contributed by atoms with E-state index < -0.39 is 0 Å². The Kier molecular flexibility index (Phi) is 3.53. The van der Waals surface area contributed by atoms with Gasteiger partial charge in [0.15, 0.2) is 0 Å². The third kappa shape index (κ3) is 2.57. The third-order valence-electron chi connectivity index (χ3n) is 3.82. The molecule has 3 rings (SSSR count). The first kappa shape index (κ1) is 13.5. The second-order valence-electron chi connectivity index (χ2n) is 5.23. The first-order chi connectivity index (χ1) is 10.2. The molecule has 3 heterocycles. The van der Waals surface area contributed by atoms with Crippen LogP contribution in [0.15, 0.2) is 18.3 Å². The topological polar surface area (TPSA) is 65.7 Å². The van der Waals surface area contributed by atoms with Crippen molar-refractivity contribution >= 4 is 5.82 Å². The van der Waals surface area contributed by atoms with Gasteiger partial charge >= 0.3 is 0 Å². The van der Waals surface area contributed by atoms with Crippen LogP contribution in [0.25, 0.3) is 0 Å². The Morgan fingerprint density at radius 1 is 1.33 bits per heavy atom. The average molecular weight is 279 g/mol. The van der Waals surface area contributed by atoms with Crippen LogP contribution >= 0.6 is 0 Å². The molecule has 1 aliphatic heterocycles. The van der Waals surface area contributed by atoms with Crippen LogP contribution in [-0.2, 0) is 19.4 Å². The summed E-state index contributed by atoms with van der Waals surface area (Å²) in [7, 11) is 0. The minimum absolute atomic E-state index is 0.496. The number of pyridine rings is 1. The van der Waals surface area contributed by atoms with Crippen LogP contribution in [0.3, 0.4) is 0 Å². The summed E-state index contributed by atoms with van der Waals surface area (Å²) < 4.78 is 0. The number of aryl methyl sites for hydroxylation is 2. The lowest BCUT2D eigenvalue weighted by Gasteiger charge is -2.29. The molecule has 5 nitrogen and oxygen atoms in total. The molecule has 0 radical (unpaired) electrons. The predicted molar refractivity (Wildman–Crippen MR) is 79.9 cm³/mol. The maximum atomic E-state index is 9.12. The van der Waals surface area contributed by atoms with Gasteiger partial charge in [0, 0.05) is 19.2 Å². The fourth-order valence-electron chi connectivity index (χ4n) is 2.52. The highest BCUT2D eigenvalue weighted by Gasteiger charge is 2.20. The van der Waals surface area contributed by atoms with Crippen molar-refractivity contribution in [3.8, 4) is 6.07 Å². The molecule has 0 unspecified atom stereocenters. The Balaban J connectivity index is 1.90. The van der Waals surface area contributed by atoms with Gasteiger partial charge < -0.3 is 4.90 Å². The molecule has 21 heavy (non-hydrogen) atoms. The molecule has 2 aromatic heterocycles. The van der Waals surface area contributed by atoms with E-state index in [4.69, 9.17) is 5.26 Å². The SMILES string of the molecule is CCc1ncc2c(n1)CN(c1ccc(C)c(C#N)n1)CC2. The quantitative estimate of drug-likeness (QED) is 0.843. The number of anilines is 1. The Morgan fingerprint density at radius 2 is 2.19 bits per heavy atom. The van der Waals surface area contributed by atoms with Gasteiger partial charge in [-0.05, 0) is 30.5 Å². The van der Waals surface area contributed by atoms with Gasteiger partial charge in [-0.1, -0.05) is 13.0 Å². The van der Waals surface area contributed by atoms with Crippen molar-refractivity contribution in [1.82, 2.24) is 15.0 Å². The zero-order valence-electron chi connectivity index (χ0n) is 12.3. The lowest BCUT2D eigenvalue weighted by atomic mass is 10.1. The molecule has 0 bridgehead atoms. The maximum absolute atomic E-state index is 9.12. The number of aromatic nitrogens is 3. The second-order valence-corrected chi connectivity index (χ2v) is 5.23. The van der Waals surface area contributed by atoms with E-state index in [1.807, 2.05) is 25.3 Å². The molecule has 0 N–H and O–H groups in total. The van der Waals surface area contributed by atoms with Crippen LogP contribution in [0.4, 0.5) is 5.82 Å². The lowest BCUT2D eigenvalue weighted by Crippen LogP contribution is -2.32. The summed E-state index contributed by atoms with van der Waals surface area (Å²) in [4.78, 5) is 15.6. The van der Waals surface area contributed by atoms with Crippen molar-refractivity contribution in [1.29, 1.82) is 5.26 Å². The summed E-state index contributed by atoms with van der Waals surface area (Å²) in [6.07, 6.45) is 3.70. The summed E-state index contributed by atoms with van der Waals surface area (Å²) >= 11 is 0. The Morgan fingerprint density at radius 3 is 2.95 bits per heavy atom. The molecule has 0 saturated heterocycles. The highest BCUT2D eigenvalue weighted by molar-refractivity contribution is 5.46. The van der Waals surface area contributed by atoms with E-state index in [-0.39, 0.29) is 0 Å².